The molecule has 3 atom stereocenters. The van der Waals surface area contributed by atoms with E-state index in [1.54, 1.807) is 0 Å². The number of nitrogens with zero attached hydrogens (tertiary/aromatic N) is 1. The molecule has 0 saturated carbocycles. The Balaban J connectivity index is 1.43. The molecular weight excluding hydrogens is 308 g/mol. The summed E-state index contributed by atoms with van der Waals surface area (Å²) in [4.78, 5) is 25.4. The fourth-order valence-electron chi connectivity index (χ4n) is 3.63. The number of piperidine rings is 1. The molecule has 2 saturated heterocycles. The molecule has 6 nitrogen and oxygen atoms in total. The number of fused-ring (bicyclic) bond motifs is 1. The minimum Gasteiger partial charge on any atom is -0.461 e. The number of ether oxygens (including phenoxy) is 2. The molecule has 130 valence electrons. The second-order valence-corrected chi connectivity index (χ2v) is 6.48. The first-order chi connectivity index (χ1) is 11.6. The molecule has 0 unspecified atom stereocenters. The van der Waals surface area contributed by atoms with Crippen LogP contribution in [0.1, 0.15) is 31.7 Å². The van der Waals surface area contributed by atoms with Crippen LogP contribution in [0.2, 0.25) is 0 Å². The lowest BCUT2D eigenvalue weighted by molar-refractivity contribution is -0.147. The number of carbonyl (C=O) groups is 2. The van der Waals surface area contributed by atoms with Gasteiger partial charge < -0.3 is 14.8 Å². The van der Waals surface area contributed by atoms with Crippen LogP contribution in [0, 0.1) is 0 Å². The van der Waals surface area contributed by atoms with Crippen LogP contribution in [0.5, 0.6) is 0 Å². The molecule has 2 aliphatic rings. The van der Waals surface area contributed by atoms with Gasteiger partial charge in [0.25, 0.3) is 0 Å². The molecule has 2 aliphatic heterocycles. The van der Waals surface area contributed by atoms with Gasteiger partial charge in [0.05, 0.1) is 0 Å². The van der Waals surface area contributed by atoms with Crippen LogP contribution in [0.15, 0.2) is 30.3 Å². The van der Waals surface area contributed by atoms with Crippen LogP contribution >= 0.6 is 0 Å². The molecule has 1 amide bonds. The van der Waals surface area contributed by atoms with Crippen LogP contribution < -0.4 is 5.32 Å². The minimum atomic E-state index is -0.377. The number of hydrogen-bond donors (Lipinski definition) is 1. The molecule has 3 rings (SSSR count). The van der Waals surface area contributed by atoms with Gasteiger partial charge in [0.15, 0.2) is 0 Å². The second kappa shape index (κ2) is 7.66. The molecule has 2 heterocycles. The average Bonchev–Trinajstić information content (AvgIpc) is 2.95. The van der Waals surface area contributed by atoms with Crippen molar-refractivity contribution in [2.75, 3.05) is 13.1 Å². The van der Waals surface area contributed by atoms with Crippen LogP contribution in [0.4, 0.5) is 4.79 Å². The highest BCUT2D eigenvalue weighted by molar-refractivity contribution is 5.67. The van der Waals surface area contributed by atoms with Gasteiger partial charge in [-0.15, -0.1) is 0 Å². The van der Waals surface area contributed by atoms with Crippen molar-refractivity contribution in [3.05, 3.63) is 35.9 Å². The molecule has 0 radical (unpaired) electrons. The molecule has 2 fully saturated rings. The minimum absolute atomic E-state index is 0.00604. The van der Waals surface area contributed by atoms with Gasteiger partial charge in [0, 0.05) is 32.1 Å². The van der Waals surface area contributed by atoms with Crippen molar-refractivity contribution in [2.24, 2.45) is 0 Å². The average molecular weight is 332 g/mol. The number of esters is 1. The summed E-state index contributed by atoms with van der Waals surface area (Å²) < 4.78 is 10.7. The fourth-order valence-corrected chi connectivity index (χ4v) is 3.63. The Morgan fingerprint density at radius 2 is 2.00 bits per heavy atom. The summed E-state index contributed by atoms with van der Waals surface area (Å²) in [6.45, 7) is 3.42. The second-order valence-electron chi connectivity index (χ2n) is 6.48. The van der Waals surface area contributed by atoms with E-state index in [1.807, 2.05) is 30.3 Å². The Bertz CT molecular complexity index is 578. The van der Waals surface area contributed by atoms with E-state index in [-0.39, 0.29) is 36.9 Å². The maximum absolute atomic E-state index is 12.0. The van der Waals surface area contributed by atoms with Crippen LogP contribution in [0.3, 0.4) is 0 Å². The highest BCUT2D eigenvalue weighted by Gasteiger charge is 2.40. The first-order valence-electron chi connectivity index (χ1n) is 8.50. The summed E-state index contributed by atoms with van der Waals surface area (Å²) in [7, 11) is 0. The standard InChI is InChI=1S/C18H24N2O4/c1-13(21)24-17-9-10-20-11-15(7-8-16(17)20)19-18(22)23-12-14-5-3-2-4-6-14/h2-6,15-17H,7-12H2,1H3,(H,19,22)/t15-,16-,17-/m0/s1. The molecule has 1 aromatic rings. The monoisotopic (exact) mass is 332 g/mol. The molecular formula is C18H24N2O4. The van der Waals surface area contributed by atoms with Gasteiger partial charge in [0.2, 0.25) is 0 Å². The molecule has 0 aromatic heterocycles. The highest BCUT2D eigenvalue weighted by atomic mass is 16.6. The van der Waals surface area contributed by atoms with Crippen LogP contribution in [-0.2, 0) is 20.9 Å². The predicted molar refractivity (Wildman–Crippen MR) is 88.3 cm³/mol. The Kier molecular flexibility index (Phi) is 5.35. The molecule has 1 N–H and O–H groups in total. The van der Waals surface area contributed by atoms with E-state index in [4.69, 9.17) is 9.47 Å². The van der Waals surface area contributed by atoms with Gasteiger partial charge in [-0.1, -0.05) is 30.3 Å². The largest absolute Gasteiger partial charge is 0.461 e. The van der Waals surface area contributed by atoms with Crippen molar-refractivity contribution in [3.8, 4) is 0 Å². The third-order valence-electron chi connectivity index (χ3n) is 4.72. The number of nitrogens with one attached hydrogen (secondary N) is 1. The summed E-state index contributed by atoms with van der Waals surface area (Å²) in [5.41, 5.74) is 0.972. The summed E-state index contributed by atoms with van der Waals surface area (Å²) >= 11 is 0. The van der Waals surface area contributed by atoms with E-state index in [0.29, 0.717) is 0 Å². The quantitative estimate of drug-likeness (QED) is 0.855. The third kappa shape index (κ3) is 4.26. The lowest BCUT2D eigenvalue weighted by Gasteiger charge is -2.36. The van der Waals surface area contributed by atoms with E-state index in [0.717, 1.165) is 37.9 Å². The van der Waals surface area contributed by atoms with Gasteiger partial charge >= 0.3 is 12.1 Å². The topological polar surface area (TPSA) is 67.9 Å². The number of amides is 1. The number of benzene rings is 1. The Labute approximate surface area is 142 Å². The summed E-state index contributed by atoms with van der Waals surface area (Å²) in [6.07, 6.45) is 2.28. The molecule has 1 aromatic carbocycles. The number of rotatable bonds is 4. The molecule has 24 heavy (non-hydrogen) atoms. The normalized spacial score (nSPS) is 26.5. The Hall–Kier alpha value is -2.08. The third-order valence-corrected chi connectivity index (χ3v) is 4.72. The van der Waals surface area contributed by atoms with E-state index in [2.05, 4.69) is 10.2 Å². The van der Waals surface area contributed by atoms with Gasteiger partial charge in [-0.3, -0.25) is 9.69 Å². The maximum Gasteiger partial charge on any atom is 0.407 e. The van der Waals surface area contributed by atoms with Gasteiger partial charge in [-0.2, -0.15) is 0 Å². The van der Waals surface area contributed by atoms with Gasteiger partial charge in [-0.25, -0.2) is 4.79 Å². The summed E-state index contributed by atoms with van der Waals surface area (Å²) in [5, 5.41) is 2.95. The smallest absolute Gasteiger partial charge is 0.407 e. The van der Waals surface area contributed by atoms with E-state index in [9.17, 15) is 9.59 Å². The van der Waals surface area contributed by atoms with Crippen molar-refractivity contribution in [2.45, 2.75) is 51.0 Å². The maximum atomic E-state index is 12.0. The highest BCUT2D eigenvalue weighted by Crippen LogP contribution is 2.29. The molecule has 6 heteroatoms. The number of carbonyl (C=O) groups excluding carboxylic acids is 2. The zero-order chi connectivity index (χ0) is 16.9. The van der Waals surface area contributed by atoms with Crippen molar-refractivity contribution in [3.63, 3.8) is 0 Å². The van der Waals surface area contributed by atoms with E-state index >= 15 is 0 Å². The first kappa shape index (κ1) is 16.8. The van der Waals surface area contributed by atoms with E-state index < -0.39 is 0 Å². The zero-order valence-corrected chi connectivity index (χ0v) is 13.9. The van der Waals surface area contributed by atoms with Crippen LogP contribution in [-0.4, -0.2) is 48.2 Å². The molecule has 0 aliphatic carbocycles. The Morgan fingerprint density at radius 3 is 2.75 bits per heavy atom. The van der Waals surface area contributed by atoms with Crippen molar-refractivity contribution >= 4 is 12.1 Å². The van der Waals surface area contributed by atoms with Crippen molar-refractivity contribution in [1.82, 2.24) is 10.2 Å². The molecule has 0 spiro atoms. The fraction of sp³-hybridized carbons (Fsp3) is 0.556. The summed E-state index contributed by atoms with van der Waals surface area (Å²) in [5.74, 6) is -0.216. The lowest BCUT2D eigenvalue weighted by Crippen LogP contribution is -2.51. The van der Waals surface area contributed by atoms with Crippen molar-refractivity contribution in [1.29, 1.82) is 0 Å². The van der Waals surface area contributed by atoms with Crippen molar-refractivity contribution < 1.29 is 19.1 Å². The SMILES string of the molecule is CC(=O)O[C@H]1CCN2C[C@@H](NC(=O)OCc3ccccc3)CC[C@@H]12. The number of alkyl carbamates (subject to hydrolysis) is 1. The summed E-state index contributed by atoms with van der Waals surface area (Å²) in [6, 6.07) is 10.00. The Morgan fingerprint density at radius 1 is 1.21 bits per heavy atom. The first-order valence-corrected chi connectivity index (χ1v) is 8.50. The van der Waals surface area contributed by atoms with Gasteiger partial charge in [0.1, 0.15) is 12.7 Å². The zero-order valence-electron chi connectivity index (χ0n) is 13.9. The van der Waals surface area contributed by atoms with E-state index in [1.165, 1.54) is 6.92 Å². The number of hydrogen-bond acceptors (Lipinski definition) is 5. The lowest BCUT2D eigenvalue weighted by atomic mass is 9.97. The van der Waals surface area contributed by atoms with Crippen LogP contribution in [0.25, 0.3) is 0 Å². The van der Waals surface area contributed by atoms with Gasteiger partial charge in [-0.05, 0) is 24.8 Å². The predicted octanol–water partition coefficient (Wildman–Crippen LogP) is 2.08. The molecule has 0 bridgehead atoms.